The first-order chi connectivity index (χ1) is 12.6. The highest BCUT2D eigenvalue weighted by Crippen LogP contribution is 2.35. The minimum Gasteiger partial charge on any atom is -0.356 e. The lowest BCUT2D eigenvalue weighted by Crippen LogP contribution is -2.28. The molecule has 4 rings (SSSR count). The van der Waals surface area contributed by atoms with Gasteiger partial charge in [0.05, 0.1) is 6.42 Å². The monoisotopic (exact) mass is 344 g/mol. The number of nitrogens with zero attached hydrogens (tertiary/aromatic N) is 1. The fourth-order valence-electron chi connectivity index (χ4n) is 3.81. The molecule has 0 fully saturated rings. The van der Waals surface area contributed by atoms with E-state index in [1.165, 1.54) is 32.3 Å². The van der Waals surface area contributed by atoms with Crippen molar-refractivity contribution < 1.29 is 4.79 Å². The van der Waals surface area contributed by atoms with Crippen LogP contribution in [0.1, 0.15) is 12.0 Å². The molecule has 0 saturated carbocycles. The first-order valence-corrected chi connectivity index (χ1v) is 9.20. The summed E-state index contributed by atoms with van der Waals surface area (Å²) in [6, 6.07) is 19.3. The Labute approximate surface area is 153 Å². The molecular weight excluding hydrogens is 320 g/mol. The number of carbonyl (C=O) groups excluding carboxylic acids is 1. The lowest BCUT2D eigenvalue weighted by Gasteiger charge is -2.14. The van der Waals surface area contributed by atoms with Gasteiger partial charge in [-0.15, -0.1) is 0 Å². The molecule has 0 aliphatic heterocycles. The van der Waals surface area contributed by atoms with Gasteiger partial charge in [-0.05, 0) is 64.9 Å². The summed E-state index contributed by atoms with van der Waals surface area (Å²) in [7, 11) is 4.10. The van der Waals surface area contributed by atoms with Crippen LogP contribution in [0, 0.1) is 0 Å². The molecule has 0 bridgehead atoms. The van der Waals surface area contributed by atoms with Crippen molar-refractivity contribution in [2.75, 3.05) is 27.2 Å². The summed E-state index contributed by atoms with van der Waals surface area (Å²) in [5, 5.41) is 10.6. The summed E-state index contributed by atoms with van der Waals surface area (Å²) < 4.78 is 0. The van der Waals surface area contributed by atoms with E-state index in [4.69, 9.17) is 0 Å². The summed E-state index contributed by atoms with van der Waals surface area (Å²) in [6.45, 7) is 1.71. The summed E-state index contributed by atoms with van der Waals surface area (Å²) in [5.41, 5.74) is 1.10. The van der Waals surface area contributed by atoms with Crippen LogP contribution in [0.3, 0.4) is 0 Å². The third-order valence-corrected chi connectivity index (χ3v) is 5.07. The Morgan fingerprint density at radius 1 is 0.885 bits per heavy atom. The SMILES string of the molecule is CN(C)CCCNC(=O)Cc1ccc2ccc3cccc4ccc1c2c34. The molecule has 0 atom stereocenters. The predicted molar refractivity (Wildman–Crippen MR) is 110 cm³/mol. The van der Waals surface area contributed by atoms with E-state index >= 15 is 0 Å². The Bertz CT molecular complexity index is 1050. The molecule has 0 radical (unpaired) electrons. The van der Waals surface area contributed by atoms with Gasteiger partial charge in [-0.2, -0.15) is 0 Å². The van der Waals surface area contributed by atoms with E-state index in [1.54, 1.807) is 0 Å². The fourth-order valence-corrected chi connectivity index (χ4v) is 3.81. The van der Waals surface area contributed by atoms with Crippen LogP contribution < -0.4 is 5.32 Å². The zero-order valence-corrected chi connectivity index (χ0v) is 15.4. The van der Waals surface area contributed by atoms with Crippen molar-refractivity contribution in [3.63, 3.8) is 0 Å². The molecular formula is C23H24N2O. The van der Waals surface area contributed by atoms with E-state index < -0.39 is 0 Å². The molecule has 0 saturated heterocycles. The van der Waals surface area contributed by atoms with Gasteiger partial charge in [0.25, 0.3) is 0 Å². The Hall–Kier alpha value is -2.65. The van der Waals surface area contributed by atoms with E-state index in [9.17, 15) is 4.79 Å². The Balaban J connectivity index is 1.65. The van der Waals surface area contributed by atoms with E-state index in [2.05, 4.69) is 64.8 Å². The summed E-state index contributed by atoms with van der Waals surface area (Å²) >= 11 is 0. The van der Waals surface area contributed by atoms with Gasteiger partial charge in [0.15, 0.2) is 0 Å². The molecule has 3 nitrogen and oxygen atoms in total. The number of hydrogen-bond donors (Lipinski definition) is 1. The Morgan fingerprint density at radius 3 is 2.27 bits per heavy atom. The highest BCUT2D eigenvalue weighted by atomic mass is 16.1. The molecule has 1 amide bonds. The first-order valence-electron chi connectivity index (χ1n) is 9.20. The summed E-state index contributed by atoms with van der Waals surface area (Å²) in [5.74, 6) is 0.0961. The normalized spacial score (nSPS) is 11.8. The van der Waals surface area contributed by atoms with Gasteiger partial charge in [0.1, 0.15) is 0 Å². The molecule has 0 aliphatic carbocycles. The minimum absolute atomic E-state index is 0.0961. The molecule has 0 aromatic heterocycles. The van der Waals surface area contributed by atoms with Crippen molar-refractivity contribution in [3.8, 4) is 0 Å². The number of nitrogens with one attached hydrogen (secondary N) is 1. The second kappa shape index (κ2) is 6.93. The molecule has 4 aromatic carbocycles. The molecule has 132 valence electrons. The van der Waals surface area contributed by atoms with Crippen LogP contribution in [0.15, 0.2) is 54.6 Å². The molecule has 0 aliphatic rings. The zero-order valence-electron chi connectivity index (χ0n) is 15.4. The number of benzene rings is 4. The van der Waals surface area contributed by atoms with Gasteiger partial charge in [0.2, 0.25) is 5.91 Å². The summed E-state index contributed by atoms with van der Waals surface area (Å²) in [6.07, 6.45) is 1.40. The lowest BCUT2D eigenvalue weighted by atomic mass is 9.91. The van der Waals surface area contributed by atoms with Gasteiger partial charge < -0.3 is 10.2 Å². The van der Waals surface area contributed by atoms with Crippen molar-refractivity contribution >= 4 is 38.2 Å². The van der Waals surface area contributed by atoms with Crippen LogP contribution in [0.5, 0.6) is 0 Å². The predicted octanol–water partition coefficient (Wildman–Crippen LogP) is 4.19. The molecule has 1 N–H and O–H groups in total. The van der Waals surface area contributed by atoms with Crippen molar-refractivity contribution in [2.45, 2.75) is 12.8 Å². The van der Waals surface area contributed by atoms with Gasteiger partial charge in [-0.25, -0.2) is 0 Å². The van der Waals surface area contributed by atoms with Gasteiger partial charge in [0, 0.05) is 6.54 Å². The van der Waals surface area contributed by atoms with Crippen molar-refractivity contribution in [2.24, 2.45) is 0 Å². The summed E-state index contributed by atoms with van der Waals surface area (Å²) in [4.78, 5) is 14.5. The van der Waals surface area contributed by atoms with E-state index in [1.807, 2.05) is 14.1 Å². The third-order valence-electron chi connectivity index (χ3n) is 5.07. The van der Waals surface area contributed by atoms with Crippen LogP contribution in [-0.4, -0.2) is 38.0 Å². The van der Waals surface area contributed by atoms with E-state index in [0.29, 0.717) is 6.42 Å². The maximum Gasteiger partial charge on any atom is 0.224 e. The van der Waals surface area contributed by atoms with Crippen LogP contribution in [0.25, 0.3) is 32.3 Å². The number of rotatable bonds is 6. The van der Waals surface area contributed by atoms with Crippen LogP contribution in [-0.2, 0) is 11.2 Å². The number of carbonyl (C=O) groups is 1. The van der Waals surface area contributed by atoms with Crippen molar-refractivity contribution in [1.82, 2.24) is 10.2 Å². The van der Waals surface area contributed by atoms with Crippen LogP contribution in [0.2, 0.25) is 0 Å². The van der Waals surface area contributed by atoms with Crippen LogP contribution in [0.4, 0.5) is 0 Å². The fraction of sp³-hybridized carbons (Fsp3) is 0.261. The van der Waals surface area contributed by atoms with Gasteiger partial charge in [-0.3, -0.25) is 4.79 Å². The first kappa shape index (κ1) is 16.8. The minimum atomic E-state index is 0.0961. The van der Waals surface area contributed by atoms with E-state index in [0.717, 1.165) is 25.1 Å². The van der Waals surface area contributed by atoms with Crippen molar-refractivity contribution in [3.05, 3.63) is 60.2 Å². The molecule has 4 aromatic rings. The average Bonchev–Trinajstić information content (AvgIpc) is 2.64. The topological polar surface area (TPSA) is 32.3 Å². The van der Waals surface area contributed by atoms with E-state index in [-0.39, 0.29) is 5.91 Å². The van der Waals surface area contributed by atoms with Crippen LogP contribution >= 0.6 is 0 Å². The lowest BCUT2D eigenvalue weighted by molar-refractivity contribution is -0.120. The highest BCUT2D eigenvalue weighted by molar-refractivity contribution is 6.23. The molecule has 0 spiro atoms. The maximum atomic E-state index is 12.4. The zero-order chi connectivity index (χ0) is 18.1. The standard InChI is InChI=1S/C23H24N2O/c1-25(2)14-4-13-24-21(26)15-19-10-9-18-8-7-16-5-3-6-17-11-12-20(19)23(18)22(16)17/h3,5-12H,4,13-15H2,1-2H3,(H,24,26). The molecule has 26 heavy (non-hydrogen) atoms. The van der Waals surface area contributed by atoms with Gasteiger partial charge in [-0.1, -0.05) is 54.6 Å². The quantitative estimate of drug-likeness (QED) is 0.420. The molecule has 0 heterocycles. The smallest absolute Gasteiger partial charge is 0.224 e. The average molecular weight is 344 g/mol. The van der Waals surface area contributed by atoms with Gasteiger partial charge >= 0.3 is 0 Å². The largest absolute Gasteiger partial charge is 0.356 e. The highest BCUT2D eigenvalue weighted by Gasteiger charge is 2.12. The van der Waals surface area contributed by atoms with Crippen molar-refractivity contribution in [1.29, 1.82) is 0 Å². The number of hydrogen-bond acceptors (Lipinski definition) is 2. The molecule has 3 heteroatoms. The molecule has 0 unspecified atom stereocenters. The second-order valence-corrected chi connectivity index (χ2v) is 7.26. The Kier molecular flexibility index (Phi) is 4.48. The Morgan fingerprint density at radius 2 is 1.54 bits per heavy atom. The second-order valence-electron chi connectivity index (χ2n) is 7.26. The maximum absolute atomic E-state index is 12.4. The number of amides is 1. The third kappa shape index (κ3) is 3.11.